The van der Waals surface area contributed by atoms with E-state index < -0.39 is 0 Å². The van der Waals surface area contributed by atoms with Gasteiger partial charge in [0, 0.05) is 42.9 Å². The van der Waals surface area contributed by atoms with Crippen molar-refractivity contribution >= 4 is 28.9 Å². The summed E-state index contributed by atoms with van der Waals surface area (Å²) < 4.78 is 4.95. The summed E-state index contributed by atoms with van der Waals surface area (Å²) >= 11 is 5.96. The average molecular weight is 334 g/mol. The van der Waals surface area contributed by atoms with Gasteiger partial charge in [0.2, 0.25) is 0 Å². The van der Waals surface area contributed by atoms with E-state index in [0.717, 1.165) is 23.4 Å². The van der Waals surface area contributed by atoms with Crippen LogP contribution < -0.4 is 10.6 Å². The van der Waals surface area contributed by atoms with Gasteiger partial charge in [-0.25, -0.2) is 0 Å². The molecule has 1 aromatic heterocycles. The molecule has 0 spiro atoms. The molecule has 23 heavy (non-hydrogen) atoms. The summed E-state index contributed by atoms with van der Waals surface area (Å²) in [6.45, 7) is 3.15. The van der Waals surface area contributed by atoms with Crippen LogP contribution in [0, 0.1) is 6.92 Å². The molecule has 0 aliphatic heterocycles. The third-order valence-electron chi connectivity index (χ3n) is 3.27. The van der Waals surface area contributed by atoms with Gasteiger partial charge in [0.25, 0.3) is 5.91 Å². The third kappa shape index (κ3) is 5.23. The minimum atomic E-state index is -0.197. The van der Waals surface area contributed by atoms with E-state index in [1.807, 2.05) is 31.2 Å². The first-order valence-electron chi connectivity index (χ1n) is 7.36. The highest BCUT2D eigenvalue weighted by molar-refractivity contribution is 6.30. The van der Waals surface area contributed by atoms with E-state index >= 15 is 0 Å². The first kappa shape index (κ1) is 17.2. The van der Waals surface area contributed by atoms with Crippen LogP contribution in [0.15, 0.2) is 36.5 Å². The lowest BCUT2D eigenvalue weighted by Gasteiger charge is -2.11. The van der Waals surface area contributed by atoms with Crippen molar-refractivity contribution in [3.8, 4) is 0 Å². The topological polar surface area (TPSA) is 63.2 Å². The van der Waals surface area contributed by atoms with Crippen molar-refractivity contribution in [3.63, 3.8) is 0 Å². The number of carbonyl (C=O) groups excluding carboxylic acids is 1. The van der Waals surface area contributed by atoms with Crippen molar-refractivity contribution in [1.29, 1.82) is 0 Å². The number of ether oxygens (including phenoxy) is 1. The molecule has 0 bridgehead atoms. The van der Waals surface area contributed by atoms with Gasteiger partial charge in [-0.1, -0.05) is 11.6 Å². The van der Waals surface area contributed by atoms with Crippen LogP contribution in [-0.4, -0.2) is 31.2 Å². The molecule has 0 fully saturated rings. The van der Waals surface area contributed by atoms with Crippen molar-refractivity contribution in [2.24, 2.45) is 0 Å². The van der Waals surface area contributed by atoms with Gasteiger partial charge in [0.1, 0.15) is 5.69 Å². The second-order valence-electron chi connectivity index (χ2n) is 5.12. The normalized spacial score (nSPS) is 10.4. The maximum Gasteiger partial charge on any atom is 0.269 e. The molecule has 2 rings (SSSR count). The molecule has 6 heteroatoms. The van der Waals surface area contributed by atoms with Crippen LogP contribution in [0.2, 0.25) is 5.02 Å². The first-order chi connectivity index (χ1) is 11.1. The lowest BCUT2D eigenvalue weighted by Crippen LogP contribution is -2.26. The van der Waals surface area contributed by atoms with Crippen molar-refractivity contribution in [1.82, 2.24) is 10.3 Å². The molecule has 0 atom stereocenters. The highest BCUT2D eigenvalue weighted by Crippen LogP contribution is 2.23. The van der Waals surface area contributed by atoms with Gasteiger partial charge in [-0.2, -0.15) is 0 Å². The number of amides is 1. The van der Waals surface area contributed by atoms with Gasteiger partial charge < -0.3 is 15.4 Å². The van der Waals surface area contributed by atoms with Gasteiger partial charge in [-0.3, -0.25) is 9.78 Å². The first-order valence-corrected chi connectivity index (χ1v) is 7.74. The van der Waals surface area contributed by atoms with E-state index in [2.05, 4.69) is 15.6 Å². The lowest BCUT2D eigenvalue weighted by molar-refractivity contribution is 0.0943. The lowest BCUT2D eigenvalue weighted by atomic mass is 10.2. The minimum Gasteiger partial charge on any atom is -0.385 e. The minimum absolute atomic E-state index is 0.197. The second kappa shape index (κ2) is 8.50. The van der Waals surface area contributed by atoms with Crippen LogP contribution >= 0.6 is 11.6 Å². The summed E-state index contributed by atoms with van der Waals surface area (Å²) in [5.41, 5.74) is 3.14. The molecule has 2 aromatic rings. The Bertz CT molecular complexity index is 677. The van der Waals surface area contributed by atoms with Crippen molar-refractivity contribution < 1.29 is 9.53 Å². The Morgan fingerprint density at radius 2 is 2.13 bits per heavy atom. The molecule has 1 aromatic carbocycles. The molecule has 0 saturated carbocycles. The molecule has 5 nitrogen and oxygen atoms in total. The Morgan fingerprint density at radius 3 is 2.87 bits per heavy atom. The zero-order valence-corrected chi connectivity index (χ0v) is 14.0. The van der Waals surface area contributed by atoms with E-state index in [1.54, 1.807) is 19.4 Å². The third-order valence-corrected chi connectivity index (χ3v) is 3.51. The molecule has 1 heterocycles. The average Bonchev–Trinajstić information content (AvgIpc) is 2.54. The fourth-order valence-corrected chi connectivity index (χ4v) is 2.29. The molecule has 2 N–H and O–H groups in total. The zero-order chi connectivity index (χ0) is 16.7. The van der Waals surface area contributed by atoms with Crippen molar-refractivity contribution in [2.45, 2.75) is 13.3 Å². The van der Waals surface area contributed by atoms with Crippen molar-refractivity contribution in [3.05, 3.63) is 52.8 Å². The monoisotopic (exact) mass is 333 g/mol. The molecule has 122 valence electrons. The highest BCUT2D eigenvalue weighted by atomic mass is 35.5. The standard InChI is InChI=1S/C17H20ClN3O2/c1-12-10-13(18)4-5-15(12)21-14-6-8-19-16(11-14)17(22)20-7-3-9-23-2/h4-6,8,10-11H,3,7,9H2,1-2H3,(H,19,21)(H,20,22). The van der Waals surface area contributed by atoms with Crippen LogP contribution in [0.1, 0.15) is 22.5 Å². The molecule has 0 aliphatic rings. The van der Waals surface area contributed by atoms with Crippen LogP contribution in [0.4, 0.5) is 11.4 Å². The maximum absolute atomic E-state index is 12.1. The number of nitrogens with zero attached hydrogens (tertiary/aromatic N) is 1. The Labute approximate surface area is 141 Å². The number of benzene rings is 1. The molecule has 1 amide bonds. The van der Waals surface area contributed by atoms with Crippen LogP contribution in [-0.2, 0) is 4.74 Å². The van der Waals surface area contributed by atoms with E-state index in [9.17, 15) is 4.79 Å². The summed E-state index contributed by atoms with van der Waals surface area (Å²) in [7, 11) is 1.64. The Balaban J connectivity index is 2.03. The molecule has 0 saturated heterocycles. The number of aryl methyl sites for hydroxylation is 1. The number of hydrogen-bond acceptors (Lipinski definition) is 4. The Kier molecular flexibility index (Phi) is 6.38. The summed E-state index contributed by atoms with van der Waals surface area (Å²) in [6, 6.07) is 9.15. The highest BCUT2D eigenvalue weighted by Gasteiger charge is 2.08. The van der Waals surface area contributed by atoms with Gasteiger partial charge in [0.05, 0.1) is 0 Å². The molecule has 0 unspecified atom stereocenters. The van der Waals surface area contributed by atoms with Crippen LogP contribution in [0.5, 0.6) is 0 Å². The number of anilines is 2. The summed E-state index contributed by atoms with van der Waals surface area (Å²) in [6.07, 6.45) is 2.38. The Hall–Kier alpha value is -2.11. The van der Waals surface area contributed by atoms with Crippen molar-refractivity contribution in [2.75, 3.05) is 25.6 Å². The predicted octanol–water partition coefficient (Wildman–Crippen LogP) is 3.55. The van der Waals surface area contributed by atoms with Gasteiger partial charge in [-0.05, 0) is 49.2 Å². The molecular weight excluding hydrogens is 314 g/mol. The van der Waals surface area contributed by atoms with Gasteiger partial charge in [-0.15, -0.1) is 0 Å². The quantitative estimate of drug-likeness (QED) is 0.760. The van der Waals surface area contributed by atoms with Gasteiger partial charge >= 0.3 is 0 Å². The molecular formula is C17H20ClN3O2. The number of methoxy groups -OCH3 is 1. The summed E-state index contributed by atoms with van der Waals surface area (Å²) in [4.78, 5) is 16.2. The fraction of sp³-hybridized carbons (Fsp3) is 0.294. The SMILES string of the molecule is COCCCNC(=O)c1cc(Nc2ccc(Cl)cc2C)ccn1. The smallest absolute Gasteiger partial charge is 0.269 e. The zero-order valence-electron chi connectivity index (χ0n) is 13.2. The number of aromatic nitrogens is 1. The molecule has 0 radical (unpaired) electrons. The van der Waals surface area contributed by atoms with E-state index in [-0.39, 0.29) is 5.91 Å². The number of pyridine rings is 1. The largest absolute Gasteiger partial charge is 0.385 e. The number of carbonyl (C=O) groups is 1. The van der Waals surface area contributed by atoms with E-state index in [4.69, 9.17) is 16.3 Å². The fourth-order valence-electron chi connectivity index (χ4n) is 2.06. The summed E-state index contributed by atoms with van der Waals surface area (Å²) in [5, 5.41) is 6.78. The number of halogens is 1. The number of nitrogens with one attached hydrogen (secondary N) is 2. The number of hydrogen-bond donors (Lipinski definition) is 2. The predicted molar refractivity (Wildman–Crippen MR) is 92.5 cm³/mol. The Morgan fingerprint density at radius 1 is 1.30 bits per heavy atom. The second-order valence-corrected chi connectivity index (χ2v) is 5.55. The maximum atomic E-state index is 12.1. The molecule has 0 aliphatic carbocycles. The van der Waals surface area contributed by atoms with Crippen LogP contribution in [0.25, 0.3) is 0 Å². The van der Waals surface area contributed by atoms with E-state index in [0.29, 0.717) is 23.9 Å². The number of rotatable bonds is 7. The van der Waals surface area contributed by atoms with E-state index in [1.165, 1.54) is 0 Å². The summed E-state index contributed by atoms with van der Waals surface area (Å²) in [5.74, 6) is -0.197. The van der Waals surface area contributed by atoms with Crippen LogP contribution in [0.3, 0.4) is 0 Å². The van der Waals surface area contributed by atoms with Gasteiger partial charge in [0.15, 0.2) is 0 Å².